The molecule has 0 spiro atoms. The summed E-state index contributed by atoms with van der Waals surface area (Å²) < 4.78 is 3.20. The Morgan fingerprint density at radius 3 is 1.11 bits per heavy atom. The van der Waals surface area contributed by atoms with Gasteiger partial charge in [-0.05, 0) is 0 Å². The van der Waals surface area contributed by atoms with Gasteiger partial charge in [-0.15, -0.1) is 0 Å². The molecular weight excluding hydrogens is 289 g/mol. The molecular formula is C2H7Fe4N3. The SMILES string of the molecule is N.[Fe][N]([Fe])CC[N]([Fe])[Fe]. The van der Waals surface area contributed by atoms with Crippen LogP contribution in [0.15, 0.2) is 0 Å². The van der Waals surface area contributed by atoms with E-state index < -0.39 is 0 Å². The Bertz CT molecular complexity index is 49.8. The average molecular weight is 296 g/mol. The van der Waals surface area contributed by atoms with Crippen LogP contribution in [0.4, 0.5) is 0 Å². The van der Waals surface area contributed by atoms with Gasteiger partial charge in [0.05, 0.1) is 0 Å². The Morgan fingerprint density at radius 1 is 0.778 bits per heavy atom. The van der Waals surface area contributed by atoms with Crippen molar-refractivity contribution >= 4 is 0 Å². The van der Waals surface area contributed by atoms with Crippen LogP contribution in [0.25, 0.3) is 0 Å². The maximum atomic E-state index is 3.55. The van der Waals surface area contributed by atoms with Gasteiger partial charge >= 0.3 is 83.9 Å². The predicted molar refractivity (Wildman–Crippen MR) is 18.4 cm³/mol. The summed E-state index contributed by atoms with van der Waals surface area (Å²) in [5.41, 5.74) is 0. The first-order valence-corrected chi connectivity index (χ1v) is 3.74. The number of nitrogens with zero attached hydrogens (tertiary/aromatic N) is 2. The molecule has 0 aromatic carbocycles. The zero-order valence-corrected chi connectivity index (χ0v) is 8.85. The fourth-order valence-electron chi connectivity index (χ4n) is 0.141. The van der Waals surface area contributed by atoms with E-state index in [1.54, 1.807) is 5.87 Å². The molecule has 9 heavy (non-hydrogen) atoms. The van der Waals surface area contributed by atoms with E-state index in [1.165, 1.54) is 0 Å². The van der Waals surface area contributed by atoms with Crippen LogP contribution in [0, 0.1) is 0 Å². The number of hydrogen-bond acceptors (Lipinski definition) is 3. The van der Waals surface area contributed by atoms with Crippen LogP contribution in [0.2, 0.25) is 0 Å². The van der Waals surface area contributed by atoms with Gasteiger partial charge in [0.1, 0.15) is 0 Å². The predicted octanol–water partition coefficient (Wildman–Crippen LogP) is -0.400. The topological polar surface area (TPSA) is 41.5 Å². The van der Waals surface area contributed by atoms with Gasteiger partial charge in [0.25, 0.3) is 0 Å². The van der Waals surface area contributed by atoms with E-state index in [4.69, 9.17) is 0 Å². The molecule has 0 rings (SSSR count). The van der Waals surface area contributed by atoms with Crippen molar-refractivity contribution < 1.29 is 64.9 Å². The van der Waals surface area contributed by atoms with Crippen molar-refractivity contribution in [3.63, 3.8) is 0 Å². The first kappa shape index (κ1) is 13.5. The summed E-state index contributed by atoms with van der Waals surface area (Å²) in [5.74, 6) is 0. The molecule has 0 radical (unpaired) electrons. The van der Waals surface area contributed by atoms with E-state index in [0.717, 1.165) is 13.1 Å². The van der Waals surface area contributed by atoms with Gasteiger partial charge in [-0.3, -0.25) is 0 Å². The second-order valence-corrected chi connectivity index (χ2v) is 4.19. The van der Waals surface area contributed by atoms with Gasteiger partial charge in [0.15, 0.2) is 0 Å². The van der Waals surface area contributed by atoms with Gasteiger partial charge < -0.3 is 6.15 Å². The molecule has 0 aliphatic heterocycles. The van der Waals surface area contributed by atoms with E-state index in [0.29, 0.717) is 0 Å². The minimum absolute atomic E-state index is 0. The molecule has 62 valence electrons. The van der Waals surface area contributed by atoms with Crippen LogP contribution in [0.3, 0.4) is 0 Å². The summed E-state index contributed by atoms with van der Waals surface area (Å²) in [4.78, 5) is 0. The van der Waals surface area contributed by atoms with E-state index >= 15 is 0 Å². The van der Waals surface area contributed by atoms with Crippen molar-refractivity contribution in [3.05, 3.63) is 0 Å². The van der Waals surface area contributed by atoms with Crippen LogP contribution >= 0.6 is 0 Å². The first-order valence-electron chi connectivity index (χ1n) is 1.76. The van der Waals surface area contributed by atoms with Crippen LogP contribution in [0.5, 0.6) is 0 Å². The Morgan fingerprint density at radius 2 is 1.00 bits per heavy atom. The van der Waals surface area contributed by atoms with Gasteiger partial charge in [0, 0.05) is 0 Å². The summed E-state index contributed by atoms with van der Waals surface area (Å²) in [6, 6.07) is 0. The first-order chi connectivity index (χ1) is 3.63. The van der Waals surface area contributed by atoms with Crippen molar-refractivity contribution in [3.8, 4) is 0 Å². The molecule has 0 heterocycles. The molecule has 0 aliphatic rings. The monoisotopic (exact) mass is 297 g/mol. The van der Waals surface area contributed by atoms with Crippen molar-refractivity contribution in [2.75, 3.05) is 13.1 Å². The summed E-state index contributed by atoms with van der Waals surface area (Å²) >= 11 is 14.2. The Labute approximate surface area is 89.3 Å². The van der Waals surface area contributed by atoms with Crippen LogP contribution in [-0.4, -0.2) is 19.0 Å². The second-order valence-electron chi connectivity index (χ2n) is 1.01. The second kappa shape index (κ2) is 8.06. The van der Waals surface area contributed by atoms with E-state index in [2.05, 4.69) is 64.9 Å². The van der Waals surface area contributed by atoms with Crippen LogP contribution in [0.1, 0.15) is 0 Å². The average Bonchev–Trinajstić information content (AvgIpc) is 1.61. The maximum absolute atomic E-state index is 3.55. The van der Waals surface area contributed by atoms with Crippen molar-refractivity contribution in [2.45, 2.75) is 0 Å². The molecule has 0 saturated heterocycles. The standard InChI is InChI=1S/C2H4N2.4Fe.H3N/c3-1-2-4;;;;;/h1-2H2;;;;;1H3. The molecule has 3 nitrogen and oxygen atoms in total. The van der Waals surface area contributed by atoms with Crippen molar-refractivity contribution in [2.24, 2.45) is 0 Å². The fraction of sp³-hybridized carbons (Fsp3) is 1.00. The van der Waals surface area contributed by atoms with Gasteiger partial charge in [-0.25, -0.2) is 0 Å². The van der Waals surface area contributed by atoms with E-state index in [9.17, 15) is 0 Å². The third kappa shape index (κ3) is 13.0. The quantitative estimate of drug-likeness (QED) is 0.721. The third-order valence-electron chi connectivity index (χ3n) is 0.416. The fourth-order valence-corrected chi connectivity index (χ4v) is 0.583. The summed E-state index contributed by atoms with van der Waals surface area (Å²) in [7, 11) is 0. The summed E-state index contributed by atoms with van der Waals surface area (Å²) in [6.07, 6.45) is 0. The van der Waals surface area contributed by atoms with E-state index in [-0.39, 0.29) is 6.15 Å². The molecule has 0 bridgehead atoms. The molecule has 0 fully saturated rings. The van der Waals surface area contributed by atoms with Gasteiger partial charge in [0.2, 0.25) is 0 Å². The Kier molecular flexibility index (Phi) is 12.1. The molecule has 0 amide bonds. The molecule has 0 aromatic heterocycles. The van der Waals surface area contributed by atoms with Crippen molar-refractivity contribution in [1.29, 1.82) is 0 Å². The molecule has 0 atom stereocenters. The Balaban J connectivity index is 0. The van der Waals surface area contributed by atoms with E-state index in [1.807, 2.05) is 0 Å². The molecule has 0 unspecified atom stereocenters. The van der Waals surface area contributed by atoms with Crippen molar-refractivity contribution in [1.82, 2.24) is 12.0 Å². The minimum atomic E-state index is 0. The van der Waals surface area contributed by atoms with Crippen LogP contribution in [-0.2, 0) is 64.9 Å². The summed E-state index contributed by atoms with van der Waals surface area (Å²) in [6.45, 7) is 1.60. The normalized spacial score (nSPS) is 10.0. The van der Waals surface area contributed by atoms with Gasteiger partial charge in [-0.1, -0.05) is 0 Å². The zero-order chi connectivity index (χ0) is 6.57. The number of rotatable bonds is 3. The van der Waals surface area contributed by atoms with Crippen LogP contribution < -0.4 is 6.15 Å². The molecule has 0 aromatic rings. The zero-order valence-electron chi connectivity index (χ0n) is 4.43. The Hall–Kier alpha value is 1.96. The molecule has 0 aliphatic carbocycles. The molecule has 3 N–H and O–H groups in total. The van der Waals surface area contributed by atoms with Gasteiger partial charge in [-0.2, -0.15) is 0 Å². The molecule has 7 heteroatoms. The number of hydrogen-bond donors (Lipinski definition) is 1. The summed E-state index contributed by atoms with van der Waals surface area (Å²) in [5, 5.41) is 0. The molecule has 0 saturated carbocycles. The third-order valence-corrected chi connectivity index (χ3v) is 1.40.